The number of esters is 1. The number of benzene rings is 1. The van der Waals surface area contributed by atoms with Crippen molar-refractivity contribution in [1.29, 1.82) is 0 Å². The molecule has 0 bridgehead atoms. The predicted octanol–water partition coefficient (Wildman–Crippen LogP) is 4.06. The van der Waals surface area contributed by atoms with Crippen molar-refractivity contribution < 1.29 is 9.53 Å². The molecule has 0 heterocycles. The summed E-state index contributed by atoms with van der Waals surface area (Å²) in [5, 5.41) is 0.721. The molecule has 20 heavy (non-hydrogen) atoms. The molecule has 4 heteroatoms. The van der Waals surface area contributed by atoms with Crippen LogP contribution in [0.2, 0.25) is 5.02 Å². The number of carbonyl (C=O) groups excluding carboxylic acids is 1. The average Bonchev–Trinajstić information content (AvgIpc) is 2.44. The molecule has 0 spiro atoms. The molecule has 3 nitrogen and oxygen atoms in total. The van der Waals surface area contributed by atoms with Gasteiger partial charge in [0.1, 0.15) is 6.04 Å². The first-order valence-electron chi connectivity index (χ1n) is 7.15. The van der Waals surface area contributed by atoms with Gasteiger partial charge in [-0.2, -0.15) is 0 Å². The Kier molecular flexibility index (Phi) is 7.03. The van der Waals surface area contributed by atoms with Gasteiger partial charge < -0.3 is 4.74 Å². The minimum Gasteiger partial charge on any atom is -0.465 e. The maximum Gasteiger partial charge on any atom is 0.323 e. The van der Waals surface area contributed by atoms with Crippen LogP contribution in [0, 0.1) is 0 Å². The number of carbonyl (C=O) groups is 1. The number of hydrogen-bond donors (Lipinski definition) is 0. The van der Waals surface area contributed by atoms with Gasteiger partial charge in [0.2, 0.25) is 0 Å². The summed E-state index contributed by atoms with van der Waals surface area (Å²) in [6.07, 6.45) is 1.74. The van der Waals surface area contributed by atoms with Gasteiger partial charge in [0, 0.05) is 11.1 Å². The second-order valence-corrected chi connectivity index (χ2v) is 5.39. The maximum atomic E-state index is 12.1. The Balaban J connectivity index is 2.84. The smallest absolute Gasteiger partial charge is 0.323 e. The molecule has 2 unspecified atom stereocenters. The molecule has 0 saturated heterocycles. The van der Waals surface area contributed by atoms with Gasteiger partial charge in [-0.3, -0.25) is 9.69 Å². The molecule has 2 atom stereocenters. The molecule has 1 aromatic rings. The highest BCUT2D eigenvalue weighted by Crippen LogP contribution is 2.24. The largest absolute Gasteiger partial charge is 0.465 e. The fourth-order valence-electron chi connectivity index (χ4n) is 2.25. The molecule has 0 saturated carbocycles. The van der Waals surface area contributed by atoms with Gasteiger partial charge >= 0.3 is 5.97 Å². The lowest BCUT2D eigenvalue weighted by atomic mass is 10.0. The normalized spacial score (nSPS) is 14.1. The van der Waals surface area contributed by atoms with Gasteiger partial charge in [-0.25, -0.2) is 0 Å². The SMILES string of the molecule is CCCC(C(=O)OCC)N(C)C(C)c1ccc(Cl)cc1. The summed E-state index contributed by atoms with van der Waals surface area (Å²) in [6, 6.07) is 7.68. The zero-order valence-electron chi connectivity index (χ0n) is 12.7. The summed E-state index contributed by atoms with van der Waals surface area (Å²) in [7, 11) is 1.97. The molecule has 0 aliphatic rings. The zero-order valence-corrected chi connectivity index (χ0v) is 13.5. The van der Waals surface area contributed by atoms with Crippen LogP contribution < -0.4 is 0 Å². The van der Waals surface area contributed by atoms with Crippen LogP contribution in [0.1, 0.15) is 45.2 Å². The van der Waals surface area contributed by atoms with E-state index in [9.17, 15) is 4.79 Å². The maximum absolute atomic E-state index is 12.1. The molecule has 0 aromatic heterocycles. The number of halogens is 1. The minimum absolute atomic E-state index is 0.133. The fraction of sp³-hybridized carbons (Fsp3) is 0.562. The van der Waals surface area contributed by atoms with E-state index in [0.29, 0.717) is 6.61 Å². The predicted molar refractivity (Wildman–Crippen MR) is 83.0 cm³/mol. The van der Waals surface area contributed by atoms with E-state index in [-0.39, 0.29) is 18.1 Å². The summed E-state index contributed by atoms with van der Waals surface area (Å²) < 4.78 is 5.18. The zero-order chi connectivity index (χ0) is 15.1. The van der Waals surface area contributed by atoms with E-state index in [0.717, 1.165) is 23.4 Å². The fourth-order valence-corrected chi connectivity index (χ4v) is 2.37. The number of likely N-dealkylation sites (N-methyl/N-ethyl adjacent to an activating group) is 1. The van der Waals surface area contributed by atoms with E-state index in [1.54, 1.807) is 0 Å². The van der Waals surface area contributed by atoms with Crippen LogP contribution in [-0.4, -0.2) is 30.6 Å². The van der Waals surface area contributed by atoms with Crippen LogP contribution in [0.25, 0.3) is 0 Å². The third-order valence-electron chi connectivity index (χ3n) is 3.58. The molecule has 0 amide bonds. The summed E-state index contributed by atoms with van der Waals surface area (Å²) in [4.78, 5) is 14.2. The van der Waals surface area contributed by atoms with Crippen LogP contribution >= 0.6 is 11.6 Å². The van der Waals surface area contributed by atoms with Crippen molar-refractivity contribution >= 4 is 17.6 Å². The summed E-state index contributed by atoms with van der Waals surface area (Å²) in [5.41, 5.74) is 1.14. The Labute approximate surface area is 126 Å². The average molecular weight is 298 g/mol. The lowest BCUT2D eigenvalue weighted by Crippen LogP contribution is -2.41. The molecule has 0 fully saturated rings. The Morgan fingerprint density at radius 3 is 2.40 bits per heavy atom. The molecule has 0 radical (unpaired) electrons. The molecule has 1 aromatic carbocycles. The van der Waals surface area contributed by atoms with Crippen molar-refractivity contribution in [2.24, 2.45) is 0 Å². The van der Waals surface area contributed by atoms with Crippen molar-refractivity contribution in [2.45, 2.75) is 45.7 Å². The third kappa shape index (κ3) is 4.50. The highest BCUT2D eigenvalue weighted by atomic mass is 35.5. The molecule has 112 valence electrons. The second kappa shape index (κ2) is 8.28. The van der Waals surface area contributed by atoms with Gasteiger partial charge in [-0.05, 0) is 45.0 Å². The van der Waals surface area contributed by atoms with E-state index < -0.39 is 0 Å². The number of hydrogen-bond acceptors (Lipinski definition) is 3. The quantitative estimate of drug-likeness (QED) is 0.711. The van der Waals surface area contributed by atoms with Crippen molar-refractivity contribution in [1.82, 2.24) is 4.90 Å². The number of ether oxygens (including phenoxy) is 1. The van der Waals surface area contributed by atoms with Gasteiger partial charge in [-0.1, -0.05) is 37.1 Å². The van der Waals surface area contributed by atoms with Crippen molar-refractivity contribution in [2.75, 3.05) is 13.7 Å². The first kappa shape index (κ1) is 17.0. The molecule has 0 aliphatic heterocycles. The molecular formula is C16H24ClNO2. The van der Waals surface area contributed by atoms with Crippen molar-refractivity contribution in [3.63, 3.8) is 0 Å². The molecular weight excluding hydrogens is 274 g/mol. The Morgan fingerprint density at radius 2 is 1.90 bits per heavy atom. The molecule has 0 N–H and O–H groups in total. The van der Waals surface area contributed by atoms with Crippen LogP contribution in [0.15, 0.2) is 24.3 Å². The first-order valence-corrected chi connectivity index (χ1v) is 7.53. The van der Waals surface area contributed by atoms with E-state index in [4.69, 9.17) is 16.3 Å². The van der Waals surface area contributed by atoms with E-state index in [1.165, 1.54) is 0 Å². The summed E-state index contributed by atoms with van der Waals surface area (Å²) in [6.45, 7) is 6.42. The summed E-state index contributed by atoms with van der Waals surface area (Å²) in [5.74, 6) is -0.141. The Bertz CT molecular complexity index is 419. The highest BCUT2D eigenvalue weighted by Gasteiger charge is 2.27. The lowest BCUT2D eigenvalue weighted by molar-refractivity contribution is -0.150. The van der Waals surface area contributed by atoms with Crippen LogP contribution in [0.3, 0.4) is 0 Å². The second-order valence-electron chi connectivity index (χ2n) is 4.95. The van der Waals surface area contributed by atoms with E-state index in [1.807, 2.05) is 38.2 Å². The van der Waals surface area contributed by atoms with Gasteiger partial charge in [-0.15, -0.1) is 0 Å². The topological polar surface area (TPSA) is 29.5 Å². The Hall–Kier alpha value is -1.06. The number of nitrogens with zero attached hydrogens (tertiary/aromatic N) is 1. The van der Waals surface area contributed by atoms with Crippen LogP contribution in [-0.2, 0) is 9.53 Å². The van der Waals surface area contributed by atoms with E-state index in [2.05, 4.69) is 18.7 Å². The molecule has 1 rings (SSSR count). The lowest BCUT2D eigenvalue weighted by Gasteiger charge is -2.31. The third-order valence-corrected chi connectivity index (χ3v) is 3.83. The Morgan fingerprint density at radius 1 is 1.30 bits per heavy atom. The van der Waals surface area contributed by atoms with Gasteiger partial charge in [0.25, 0.3) is 0 Å². The van der Waals surface area contributed by atoms with Crippen LogP contribution in [0.5, 0.6) is 0 Å². The van der Waals surface area contributed by atoms with E-state index >= 15 is 0 Å². The highest BCUT2D eigenvalue weighted by molar-refractivity contribution is 6.30. The standard InChI is InChI=1S/C16H24ClNO2/c1-5-7-15(16(19)20-6-2)18(4)12(3)13-8-10-14(17)11-9-13/h8-12,15H,5-7H2,1-4H3. The first-order chi connectivity index (χ1) is 9.51. The van der Waals surface area contributed by atoms with Gasteiger partial charge in [0.05, 0.1) is 6.61 Å². The minimum atomic E-state index is -0.203. The summed E-state index contributed by atoms with van der Waals surface area (Å²) >= 11 is 5.91. The molecule has 0 aliphatic carbocycles. The van der Waals surface area contributed by atoms with Crippen molar-refractivity contribution in [3.05, 3.63) is 34.9 Å². The number of rotatable bonds is 7. The van der Waals surface area contributed by atoms with Crippen LogP contribution in [0.4, 0.5) is 0 Å². The van der Waals surface area contributed by atoms with Gasteiger partial charge in [0.15, 0.2) is 0 Å². The van der Waals surface area contributed by atoms with Crippen molar-refractivity contribution in [3.8, 4) is 0 Å². The monoisotopic (exact) mass is 297 g/mol.